The molecule has 0 bridgehead atoms. The van der Waals surface area contributed by atoms with Gasteiger partial charge in [-0.2, -0.15) is 0 Å². The molecule has 0 aromatic heterocycles. The Morgan fingerprint density at radius 2 is 1.96 bits per heavy atom. The lowest BCUT2D eigenvalue weighted by molar-refractivity contribution is -0.140. The SMILES string of the molecule is CC(C)=CCCC1=CC[C@H]2C(=O)NN(c3ccccc3)C(=O)[C@H]2C1. The third kappa shape index (κ3) is 3.42. The molecule has 0 unspecified atom stereocenters. The standard InChI is InChI=1S/C20H24N2O2/c1-14(2)7-6-8-15-11-12-17-18(13-15)20(24)22(21-19(17)23)16-9-4-3-5-10-16/h3-5,7,9-11,17-18H,6,8,12-13H2,1-2H3,(H,21,23)/t17-,18+/m1/s1. The van der Waals surface area contributed by atoms with E-state index in [-0.39, 0.29) is 23.7 Å². The van der Waals surface area contributed by atoms with Crippen molar-refractivity contribution in [2.45, 2.75) is 39.5 Å². The van der Waals surface area contributed by atoms with Gasteiger partial charge in [-0.3, -0.25) is 15.0 Å². The Bertz CT molecular complexity index is 687. The van der Waals surface area contributed by atoms with Crippen LogP contribution in [0.2, 0.25) is 0 Å². The number of rotatable bonds is 4. The van der Waals surface area contributed by atoms with Crippen LogP contribution in [-0.4, -0.2) is 11.8 Å². The van der Waals surface area contributed by atoms with E-state index in [1.165, 1.54) is 16.2 Å². The number of carbonyl (C=O) groups is 2. The molecule has 2 aliphatic rings. The zero-order chi connectivity index (χ0) is 17.1. The third-order valence-electron chi connectivity index (χ3n) is 4.76. The van der Waals surface area contributed by atoms with Crippen molar-refractivity contribution in [3.8, 4) is 0 Å². The molecule has 24 heavy (non-hydrogen) atoms. The summed E-state index contributed by atoms with van der Waals surface area (Å²) in [5.74, 6) is -0.531. The van der Waals surface area contributed by atoms with E-state index < -0.39 is 0 Å². The van der Waals surface area contributed by atoms with Crippen LogP contribution in [-0.2, 0) is 9.59 Å². The number of benzene rings is 1. The van der Waals surface area contributed by atoms with Crippen LogP contribution in [0.5, 0.6) is 0 Å². The largest absolute Gasteiger partial charge is 0.273 e. The smallest absolute Gasteiger partial charge is 0.249 e. The number of amides is 2. The van der Waals surface area contributed by atoms with Crippen LogP contribution in [0.4, 0.5) is 5.69 Å². The number of carbonyl (C=O) groups excluding carboxylic acids is 2. The van der Waals surface area contributed by atoms with Crippen molar-refractivity contribution in [1.82, 2.24) is 5.43 Å². The van der Waals surface area contributed by atoms with Crippen molar-refractivity contribution in [2.75, 3.05) is 5.01 Å². The first-order valence-electron chi connectivity index (χ1n) is 8.57. The maximum atomic E-state index is 12.9. The minimum Gasteiger partial charge on any atom is -0.273 e. The first-order chi connectivity index (χ1) is 11.6. The molecule has 4 heteroatoms. The molecule has 1 aliphatic carbocycles. The zero-order valence-electron chi connectivity index (χ0n) is 14.3. The number of allylic oxidation sites excluding steroid dienone is 4. The predicted octanol–water partition coefficient (Wildman–Crippen LogP) is 3.76. The Hall–Kier alpha value is -2.36. The Morgan fingerprint density at radius 1 is 1.21 bits per heavy atom. The Kier molecular flexibility index (Phi) is 4.84. The number of para-hydroxylation sites is 1. The number of nitrogens with zero attached hydrogens (tertiary/aromatic N) is 1. The zero-order valence-corrected chi connectivity index (χ0v) is 14.3. The van der Waals surface area contributed by atoms with E-state index in [9.17, 15) is 9.59 Å². The highest BCUT2D eigenvalue weighted by Crippen LogP contribution is 2.36. The van der Waals surface area contributed by atoms with Crippen LogP contribution in [0.25, 0.3) is 0 Å². The summed E-state index contributed by atoms with van der Waals surface area (Å²) >= 11 is 0. The fourth-order valence-corrected chi connectivity index (χ4v) is 3.45. The van der Waals surface area contributed by atoms with Gasteiger partial charge in [-0.1, -0.05) is 41.5 Å². The Labute approximate surface area is 143 Å². The van der Waals surface area contributed by atoms with Crippen molar-refractivity contribution in [3.63, 3.8) is 0 Å². The van der Waals surface area contributed by atoms with E-state index in [0.717, 1.165) is 18.5 Å². The molecule has 0 spiro atoms. The molecular weight excluding hydrogens is 300 g/mol. The lowest BCUT2D eigenvalue weighted by atomic mass is 9.76. The molecule has 0 saturated carbocycles. The molecule has 1 N–H and O–H groups in total. The van der Waals surface area contributed by atoms with Crippen LogP contribution >= 0.6 is 0 Å². The summed E-state index contributed by atoms with van der Waals surface area (Å²) in [4.78, 5) is 25.3. The average Bonchev–Trinajstić information content (AvgIpc) is 2.58. The van der Waals surface area contributed by atoms with E-state index in [1.54, 1.807) is 0 Å². The van der Waals surface area contributed by atoms with Gasteiger partial charge in [-0.15, -0.1) is 0 Å². The number of anilines is 1. The van der Waals surface area contributed by atoms with E-state index in [0.29, 0.717) is 12.8 Å². The van der Waals surface area contributed by atoms with E-state index >= 15 is 0 Å². The lowest BCUT2D eigenvalue weighted by Crippen LogP contribution is -2.59. The fourth-order valence-electron chi connectivity index (χ4n) is 3.45. The summed E-state index contributed by atoms with van der Waals surface area (Å²) in [5, 5.41) is 1.42. The van der Waals surface area contributed by atoms with Gasteiger partial charge in [0.05, 0.1) is 17.5 Å². The molecule has 126 valence electrons. The van der Waals surface area contributed by atoms with Crippen molar-refractivity contribution in [2.24, 2.45) is 11.8 Å². The second kappa shape index (κ2) is 7.04. The van der Waals surface area contributed by atoms with E-state index in [2.05, 4.69) is 31.4 Å². The Morgan fingerprint density at radius 3 is 2.67 bits per heavy atom. The third-order valence-corrected chi connectivity index (χ3v) is 4.76. The molecule has 0 radical (unpaired) electrons. The molecule has 1 fully saturated rings. The summed E-state index contributed by atoms with van der Waals surface area (Å²) in [6.07, 6.45) is 7.69. The van der Waals surface area contributed by atoms with Crippen molar-refractivity contribution in [3.05, 3.63) is 53.6 Å². The minimum absolute atomic E-state index is 0.00128. The number of hydrazine groups is 1. The fraction of sp³-hybridized carbons (Fsp3) is 0.400. The molecule has 1 heterocycles. The maximum absolute atomic E-state index is 12.9. The average molecular weight is 324 g/mol. The molecule has 1 saturated heterocycles. The van der Waals surface area contributed by atoms with Gasteiger partial charge in [-0.25, -0.2) is 5.01 Å². The highest BCUT2D eigenvalue weighted by Gasteiger charge is 2.43. The molecular formula is C20H24N2O2. The number of hydrogen-bond acceptors (Lipinski definition) is 2. The van der Waals surface area contributed by atoms with Gasteiger partial charge in [-0.05, 0) is 51.7 Å². The van der Waals surface area contributed by atoms with Gasteiger partial charge < -0.3 is 0 Å². The first kappa shape index (κ1) is 16.5. The van der Waals surface area contributed by atoms with Crippen LogP contribution < -0.4 is 10.4 Å². The van der Waals surface area contributed by atoms with E-state index in [4.69, 9.17) is 0 Å². The summed E-state index contributed by atoms with van der Waals surface area (Å²) in [5.41, 5.74) is 6.09. The van der Waals surface area contributed by atoms with Crippen molar-refractivity contribution in [1.29, 1.82) is 0 Å². The van der Waals surface area contributed by atoms with Gasteiger partial charge in [0.1, 0.15) is 0 Å². The van der Waals surface area contributed by atoms with Gasteiger partial charge in [0.15, 0.2) is 0 Å². The molecule has 2 atom stereocenters. The monoisotopic (exact) mass is 324 g/mol. The second-order valence-corrected chi connectivity index (χ2v) is 6.82. The molecule has 3 rings (SSSR count). The van der Waals surface area contributed by atoms with Crippen LogP contribution in [0.1, 0.15) is 39.5 Å². The highest BCUT2D eigenvalue weighted by molar-refractivity contribution is 6.04. The topological polar surface area (TPSA) is 49.4 Å². The van der Waals surface area contributed by atoms with Gasteiger partial charge in [0.2, 0.25) is 11.8 Å². The number of nitrogens with one attached hydrogen (secondary N) is 1. The molecule has 1 aromatic carbocycles. The quantitative estimate of drug-likeness (QED) is 0.857. The summed E-state index contributed by atoms with van der Waals surface area (Å²) in [6.45, 7) is 4.19. The van der Waals surface area contributed by atoms with Crippen molar-refractivity contribution < 1.29 is 9.59 Å². The predicted molar refractivity (Wildman–Crippen MR) is 95.0 cm³/mol. The first-order valence-corrected chi connectivity index (χ1v) is 8.57. The summed E-state index contributed by atoms with van der Waals surface area (Å²) in [6, 6.07) is 9.31. The highest BCUT2D eigenvalue weighted by atomic mass is 16.2. The second-order valence-electron chi connectivity index (χ2n) is 6.82. The molecule has 1 aliphatic heterocycles. The number of fused-ring (bicyclic) bond motifs is 1. The van der Waals surface area contributed by atoms with Gasteiger partial charge >= 0.3 is 0 Å². The van der Waals surface area contributed by atoms with E-state index in [1.807, 2.05) is 30.3 Å². The van der Waals surface area contributed by atoms with Gasteiger partial charge in [0, 0.05) is 0 Å². The summed E-state index contributed by atoms with van der Waals surface area (Å²) in [7, 11) is 0. The molecule has 4 nitrogen and oxygen atoms in total. The van der Waals surface area contributed by atoms with Crippen molar-refractivity contribution >= 4 is 17.5 Å². The molecule has 2 amide bonds. The lowest BCUT2D eigenvalue weighted by Gasteiger charge is -2.39. The normalized spacial score (nSPS) is 23.2. The van der Waals surface area contributed by atoms with Crippen LogP contribution in [0.15, 0.2) is 53.6 Å². The minimum atomic E-state index is -0.245. The number of hydrogen-bond donors (Lipinski definition) is 1. The summed E-state index contributed by atoms with van der Waals surface area (Å²) < 4.78 is 0. The maximum Gasteiger partial charge on any atom is 0.249 e. The van der Waals surface area contributed by atoms with Crippen LogP contribution in [0.3, 0.4) is 0 Å². The molecule has 1 aromatic rings. The Balaban J connectivity index is 1.75. The van der Waals surface area contributed by atoms with Gasteiger partial charge in [0.25, 0.3) is 0 Å². The van der Waals surface area contributed by atoms with Crippen LogP contribution in [0, 0.1) is 11.8 Å².